The zero-order chi connectivity index (χ0) is 7.90. The highest BCUT2D eigenvalue weighted by atomic mass is 32.2. The molecule has 0 aromatic carbocycles. The predicted molar refractivity (Wildman–Crippen MR) is 45.8 cm³/mol. The van der Waals surface area contributed by atoms with Crippen LogP contribution in [0.15, 0.2) is 0 Å². The van der Waals surface area contributed by atoms with Gasteiger partial charge in [-0.1, -0.05) is 6.92 Å². The maximum absolute atomic E-state index is 5.80. The van der Waals surface area contributed by atoms with Crippen LogP contribution in [0.5, 0.6) is 0 Å². The number of ether oxygens (including phenoxy) is 2. The minimum atomic E-state index is -0.242. The second kappa shape index (κ2) is 2.64. The molecule has 2 bridgehead atoms. The van der Waals surface area contributed by atoms with Crippen LogP contribution in [0.2, 0.25) is 0 Å². The molecule has 2 aliphatic heterocycles. The lowest BCUT2D eigenvalue weighted by molar-refractivity contribution is -0.168. The van der Waals surface area contributed by atoms with Crippen molar-refractivity contribution in [3.05, 3.63) is 0 Å². The van der Waals surface area contributed by atoms with Gasteiger partial charge in [0.1, 0.15) is 0 Å². The molecule has 0 aromatic heterocycles. The molecule has 2 aliphatic rings. The summed E-state index contributed by atoms with van der Waals surface area (Å²) in [6, 6.07) is 0. The highest BCUT2D eigenvalue weighted by molar-refractivity contribution is 8.00. The monoisotopic (exact) mass is 174 g/mol. The van der Waals surface area contributed by atoms with Gasteiger partial charge in [0.05, 0.1) is 18.0 Å². The van der Waals surface area contributed by atoms with Crippen LogP contribution in [0.1, 0.15) is 20.3 Å². The number of hydrogen-bond donors (Lipinski definition) is 0. The molecular weight excluding hydrogens is 160 g/mol. The summed E-state index contributed by atoms with van der Waals surface area (Å²) in [6.07, 6.45) is 1.33. The second-order valence-corrected chi connectivity index (χ2v) is 4.57. The van der Waals surface area contributed by atoms with Crippen molar-refractivity contribution in [1.82, 2.24) is 0 Å². The normalized spacial score (nSPS) is 49.6. The summed E-state index contributed by atoms with van der Waals surface area (Å²) < 4.78 is 11.5. The number of rotatable bonds is 1. The van der Waals surface area contributed by atoms with E-state index in [4.69, 9.17) is 9.47 Å². The molecule has 2 fully saturated rings. The van der Waals surface area contributed by atoms with Gasteiger partial charge in [0.25, 0.3) is 0 Å². The van der Waals surface area contributed by atoms with Crippen LogP contribution in [0.25, 0.3) is 0 Å². The number of hydrogen-bond acceptors (Lipinski definition) is 3. The fraction of sp³-hybridized carbons (Fsp3) is 1.00. The Bertz CT molecular complexity index is 162. The molecule has 0 N–H and O–H groups in total. The van der Waals surface area contributed by atoms with Crippen LogP contribution < -0.4 is 0 Å². The molecule has 3 unspecified atom stereocenters. The van der Waals surface area contributed by atoms with Gasteiger partial charge in [-0.3, -0.25) is 0 Å². The molecule has 11 heavy (non-hydrogen) atoms. The first-order valence-corrected chi connectivity index (χ1v) is 5.25. The van der Waals surface area contributed by atoms with Gasteiger partial charge >= 0.3 is 0 Å². The first-order chi connectivity index (χ1) is 5.27. The van der Waals surface area contributed by atoms with Gasteiger partial charge in [0.15, 0.2) is 5.79 Å². The standard InChI is InChI=1S/C8H14O2S/c1-3-8-6(2)11-5-7(10-8)4-9-8/h6-7H,3-5H2,1-2H3. The van der Waals surface area contributed by atoms with Crippen molar-refractivity contribution >= 4 is 11.8 Å². The van der Waals surface area contributed by atoms with Crippen LogP contribution in [0.3, 0.4) is 0 Å². The van der Waals surface area contributed by atoms with E-state index in [1.54, 1.807) is 0 Å². The molecule has 2 heterocycles. The fourth-order valence-corrected chi connectivity index (χ4v) is 2.94. The molecule has 3 atom stereocenters. The summed E-state index contributed by atoms with van der Waals surface area (Å²) >= 11 is 1.97. The maximum atomic E-state index is 5.80. The van der Waals surface area contributed by atoms with Gasteiger partial charge in [-0.15, -0.1) is 0 Å². The molecule has 0 spiro atoms. The van der Waals surface area contributed by atoms with Gasteiger partial charge in [-0.25, -0.2) is 0 Å². The summed E-state index contributed by atoms with van der Waals surface area (Å²) in [5.41, 5.74) is 0. The Morgan fingerprint density at radius 1 is 1.64 bits per heavy atom. The van der Waals surface area contributed by atoms with E-state index in [1.807, 2.05) is 11.8 Å². The van der Waals surface area contributed by atoms with Gasteiger partial charge in [-0.2, -0.15) is 11.8 Å². The molecule has 0 amide bonds. The fourth-order valence-electron chi connectivity index (χ4n) is 1.73. The van der Waals surface area contributed by atoms with Crippen molar-refractivity contribution in [2.24, 2.45) is 0 Å². The lowest BCUT2D eigenvalue weighted by Crippen LogP contribution is -2.43. The minimum absolute atomic E-state index is 0.242. The van der Waals surface area contributed by atoms with E-state index in [0.717, 1.165) is 18.8 Å². The second-order valence-electron chi connectivity index (χ2n) is 3.19. The first-order valence-electron chi connectivity index (χ1n) is 4.20. The van der Waals surface area contributed by atoms with Crippen LogP contribution in [-0.2, 0) is 9.47 Å². The summed E-state index contributed by atoms with van der Waals surface area (Å²) in [4.78, 5) is 0. The van der Waals surface area contributed by atoms with E-state index < -0.39 is 0 Å². The van der Waals surface area contributed by atoms with E-state index in [9.17, 15) is 0 Å². The van der Waals surface area contributed by atoms with Crippen LogP contribution in [0, 0.1) is 0 Å². The Morgan fingerprint density at radius 2 is 2.45 bits per heavy atom. The van der Waals surface area contributed by atoms with Crippen LogP contribution in [-0.4, -0.2) is 29.5 Å². The summed E-state index contributed by atoms with van der Waals surface area (Å²) in [6.45, 7) is 5.12. The molecule has 0 saturated carbocycles. The molecule has 2 nitrogen and oxygen atoms in total. The molecule has 2 rings (SSSR count). The lowest BCUT2D eigenvalue weighted by Gasteiger charge is -2.35. The quantitative estimate of drug-likeness (QED) is 0.602. The third kappa shape index (κ3) is 1.10. The number of thioether (sulfide) groups is 1. The zero-order valence-electron chi connectivity index (χ0n) is 7.00. The van der Waals surface area contributed by atoms with E-state index in [-0.39, 0.29) is 5.79 Å². The van der Waals surface area contributed by atoms with Gasteiger partial charge in [0, 0.05) is 5.75 Å². The largest absolute Gasteiger partial charge is 0.346 e. The average Bonchev–Trinajstić information content (AvgIpc) is 2.39. The van der Waals surface area contributed by atoms with E-state index in [2.05, 4.69) is 13.8 Å². The highest BCUT2D eigenvalue weighted by Crippen LogP contribution is 2.42. The Kier molecular flexibility index (Phi) is 1.90. The van der Waals surface area contributed by atoms with Gasteiger partial charge in [-0.05, 0) is 13.3 Å². The van der Waals surface area contributed by atoms with Crippen LogP contribution >= 0.6 is 11.8 Å². The van der Waals surface area contributed by atoms with Crippen molar-refractivity contribution in [2.75, 3.05) is 12.4 Å². The lowest BCUT2D eigenvalue weighted by atomic mass is 10.1. The van der Waals surface area contributed by atoms with E-state index >= 15 is 0 Å². The number of fused-ring (bicyclic) bond motifs is 2. The predicted octanol–water partition coefficient (Wildman–Crippen LogP) is 1.64. The third-order valence-corrected chi connectivity index (χ3v) is 3.95. The molecule has 2 saturated heterocycles. The van der Waals surface area contributed by atoms with Crippen LogP contribution in [0.4, 0.5) is 0 Å². The minimum Gasteiger partial charge on any atom is -0.346 e. The average molecular weight is 174 g/mol. The van der Waals surface area contributed by atoms with Crippen molar-refractivity contribution in [1.29, 1.82) is 0 Å². The Labute approximate surface area is 71.6 Å². The molecule has 3 heteroatoms. The van der Waals surface area contributed by atoms with Crippen molar-refractivity contribution in [2.45, 2.75) is 37.4 Å². The van der Waals surface area contributed by atoms with Crippen molar-refractivity contribution in [3.8, 4) is 0 Å². The maximum Gasteiger partial charge on any atom is 0.180 e. The Hall–Kier alpha value is 0.270. The molecular formula is C8H14O2S. The molecule has 0 radical (unpaired) electrons. The van der Waals surface area contributed by atoms with Crippen molar-refractivity contribution in [3.63, 3.8) is 0 Å². The van der Waals surface area contributed by atoms with E-state index in [0.29, 0.717) is 11.4 Å². The third-order valence-electron chi connectivity index (χ3n) is 2.52. The zero-order valence-corrected chi connectivity index (χ0v) is 7.82. The smallest absolute Gasteiger partial charge is 0.180 e. The van der Waals surface area contributed by atoms with E-state index in [1.165, 1.54) is 0 Å². The topological polar surface area (TPSA) is 18.5 Å². The van der Waals surface area contributed by atoms with Crippen molar-refractivity contribution < 1.29 is 9.47 Å². The summed E-state index contributed by atoms with van der Waals surface area (Å²) in [5, 5.41) is 0.492. The van der Waals surface area contributed by atoms with Gasteiger partial charge in [0.2, 0.25) is 0 Å². The highest BCUT2D eigenvalue weighted by Gasteiger charge is 2.48. The molecule has 64 valence electrons. The Balaban J connectivity index is 2.17. The SMILES string of the molecule is CCC12OCC(CSC1C)O2. The summed E-state index contributed by atoms with van der Waals surface area (Å²) in [7, 11) is 0. The summed E-state index contributed by atoms with van der Waals surface area (Å²) in [5.74, 6) is 0.858. The Morgan fingerprint density at radius 3 is 3.09 bits per heavy atom. The van der Waals surface area contributed by atoms with Gasteiger partial charge < -0.3 is 9.47 Å². The molecule has 0 aromatic rings. The molecule has 0 aliphatic carbocycles. The first kappa shape index (κ1) is 7.90.